The summed E-state index contributed by atoms with van der Waals surface area (Å²) < 4.78 is 6.24. The van der Waals surface area contributed by atoms with Gasteiger partial charge in [0.2, 0.25) is 0 Å². The molecule has 0 amide bonds. The summed E-state index contributed by atoms with van der Waals surface area (Å²) in [6, 6.07) is 2.13. The van der Waals surface area contributed by atoms with Crippen LogP contribution < -0.4 is 4.74 Å². The third-order valence-electron chi connectivity index (χ3n) is 4.50. The summed E-state index contributed by atoms with van der Waals surface area (Å²) in [6.45, 7) is 14.0. The van der Waals surface area contributed by atoms with Crippen molar-refractivity contribution in [3.05, 3.63) is 58.9 Å². The number of ether oxygens (including phenoxy) is 1. The molecule has 0 saturated carbocycles. The van der Waals surface area contributed by atoms with Gasteiger partial charge in [0.15, 0.2) is 5.60 Å². The highest BCUT2D eigenvalue weighted by atomic mass is 16.5. The third-order valence-corrected chi connectivity index (χ3v) is 4.50. The molecule has 0 spiro atoms. The van der Waals surface area contributed by atoms with Crippen LogP contribution in [-0.4, -0.2) is 10.7 Å². The van der Waals surface area contributed by atoms with E-state index in [1.807, 2.05) is 26.0 Å². The predicted molar refractivity (Wildman–Crippen MR) is 93.4 cm³/mol. The van der Waals surface area contributed by atoms with Crippen LogP contribution in [0, 0.1) is 26.7 Å². The van der Waals surface area contributed by atoms with Gasteiger partial charge in [0, 0.05) is 12.0 Å². The van der Waals surface area contributed by atoms with Crippen LogP contribution in [-0.2, 0) is 0 Å². The van der Waals surface area contributed by atoms with E-state index in [0.717, 1.165) is 22.4 Å². The molecule has 118 valence electrons. The number of hydrogen-bond donors (Lipinski definition) is 1. The second-order valence-electron chi connectivity index (χ2n) is 6.47. The molecule has 0 radical (unpaired) electrons. The Morgan fingerprint density at radius 2 is 2.00 bits per heavy atom. The van der Waals surface area contributed by atoms with Gasteiger partial charge in [-0.3, -0.25) is 0 Å². The van der Waals surface area contributed by atoms with E-state index in [2.05, 4.69) is 45.6 Å². The Bertz CT molecular complexity index is 652. The normalized spacial score (nSPS) is 22.0. The molecule has 0 fully saturated rings. The van der Waals surface area contributed by atoms with E-state index >= 15 is 0 Å². The fourth-order valence-electron chi connectivity index (χ4n) is 2.68. The summed E-state index contributed by atoms with van der Waals surface area (Å²) >= 11 is 0. The minimum atomic E-state index is -0.713. The van der Waals surface area contributed by atoms with E-state index in [4.69, 9.17) is 4.74 Å². The molecule has 1 N–H and O–H groups in total. The molecule has 2 unspecified atom stereocenters. The highest BCUT2D eigenvalue weighted by Crippen LogP contribution is 2.41. The average Bonchev–Trinajstić information content (AvgIpc) is 2.47. The van der Waals surface area contributed by atoms with Crippen molar-refractivity contribution in [2.75, 3.05) is 0 Å². The van der Waals surface area contributed by atoms with Gasteiger partial charge in [-0.15, -0.1) is 6.58 Å². The lowest BCUT2D eigenvalue weighted by atomic mass is 9.90. The molecular formula is C20H26O2. The first-order valence-corrected chi connectivity index (χ1v) is 7.78. The van der Waals surface area contributed by atoms with Crippen LogP contribution in [0.25, 0.3) is 6.08 Å². The lowest BCUT2D eigenvalue weighted by Crippen LogP contribution is -2.37. The van der Waals surface area contributed by atoms with Crippen molar-refractivity contribution in [1.82, 2.24) is 0 Å². The Morgan fingerprint density at radius 1 is 1.32 bits per heavy atom. The summed E-state index contributed by atoms with van der Waals surface area (Å²) in [4.78, 5) is 0. The largest absolute Gasteiger partial charge is 0.508 e. The minimum Gasteiger partial charge on any atom is -0.508 e. The number of benzene rings is 1. The van der Waals surface area contributed by atoms with Crippen LogP contribution in [0.2, 0.25) is 0 Å². The standard InChI is InChI=1S/C20H26O2/c1-7-13(2)9-8-10-20(6)18(21)12-17-15(4)11-14(3)16(5)19(17)22-20/h7-9,11-13,21H,1,10H2,2-6H3. The zero-order valence-electron chi connectivity index (χ0n) is 14.2. The summed E-state index contributed by atoms with van der Waals surface area (Å²) in [6.07, 6.45) is 8.51. The van der Waals surface area contributed by atoms with Crippen molar-refractivity contribution in [3.8, 4) is 5.75 Å². The van der Waals surface area contributed by atoms with Crippen LogP contribution in [0.1, 0.15) is 42.5 Å². The SMILES string of the molecule is C=CC(C)C=CCC1(C)Oc2c(C)c(C)cc(C)c2C=C1O. The second kappa shape index (κ2) is 6.04. The maximum atomic E-state index is 10.5. The Labute approximate surface area is 133 Å². The number of hydrogen-bond acceptors (Lipinski definition) is 2. The van der Waals surface area contributed by atoms with Gasteiger partial charge < -0.3 is 9.84 Å². The van der Waals surface area contributed by atoms with Crippen molar-refractivity contribution >= 4 is 6.08 Å². The second-order valence-corrected chi connectivity index (χ2v) is 6.47. The average molecular weight is 298 g/mol. The molecule has 2 heteroatoms. The van der Waals surface area contributed by atoms with Crippen molar-refractivity contribution in [2.45, 2.75) is 46.6 Å². The van der Waals surface area contributed by atoms with Crippen molar-refractivity contribution in [2.24, 2.45) is 5.92 Å². The Kier molecular flexibility index (Phi) is 4.50. The van der Waals surface area contributed by atoms with E-state index < -0.39 is 5.60 Å². The summed E-state index contributed by atoms with van der Waals surface area (Å²) in [5.74, 6) is 1.49. The summed E-state index contributed by atoms with van der Waals surface area (Å²) in [5.41, 5.74) is 3.75. The number of rotatable bonds is 4. The Hall–Kier alpha value is -1.96. The molecule has 0 bridgehead atoms. The van der Waals surface area contributed by atoms with Crippen molar-refractivity contribution in [3.63, 3.8) is 0 Å². The predicted octanol–water partition coefficient (Wildman–Crippen LogP) is 5.43. The van der Waals surface area contributed by atoms with Gasteiger partial charge in [-0.25, -0.2) is 0 Å². The molecule has 1 aliphatic rings. The number of allylic oxidation sites excluding steroid dienone is 2. The lowest BCUT2D eigenvalue weighted by molar-refractivity contribution is 0.0775. The maximum absolute atomic E-state index is 10.5. The quantitative estimate of drug-likeness (QED) is 0.751. The van der Waals surface area contributed by atoms with Gasteiger partial charge in [-0.1, -0.05) is 31.2 Å². The summed E-state index contributed by atoms with van der Waals surface area (Å²) in [5, 5.41) is 10.5. The van der Waals surface area contributed by atoms with Crippen molar-refractivity contribution < 1.29 is 9.84 Å². The molecule has 2 rings (SSSR count). The Morgan fingerprint density at radius 3 is 2.64 bits per heavy atom. The van der Waals surface area contributed by atoms with Gasteiger partial charge in [0.25, 0.3) is 0 Å². The van der Waals surface area contributed by atoms with Gasteiger partial charge in [0.1, 0.15) is 11.5 Å². The summed E-state index contributed by atoms with van der Waals surface area (Å²) in [7, 11) is 0. The molecule has 2 atom stereocenters. The minimum absolute atomic E-state index is 0.280. The lowest BCUT2D eigenvalue weighted by Gasteiger charge is -2.35. The Balaban J connectivity index is 2.37. The monoisotopic (exact) mass is 298 g/mol. The highest BCUT2D eigenvalue weighted by Gasteiger charge is 2.35. The van der Waals surface area contributed by atoms with E-state index in [1.165, 1.54) is 5.56 Å². The molecule has 22 heavy (non-hydrogen) atoms. The van der Waals surface area contributed by atoms with Crippen LogP contribution in [0.3, 0.4) is 0 Å². The molecule has 2 nitrogen and oxygen atoms in total. The molecule has 0 aromatic heterocycles. The smallest absolute Gasteiger partial charge is 0.166 e. The fraction of sp³-hybridized carbons (Fsp3) is 0.400. The van der Waals surface area contributed by atoms with Gasteiger partial charge in [-0.2, -0.15) is 0 Å². The van der Waals surface area contributed by atoms with Gasteiger partial charge in [-0.05, 0) is 56.4 Å². The zero-order chi connectivity index (χ0) is 16.5. The fourth-order valence-corrected chi connectivity index (χ4v) is 2.68. The number of aryl methyl sites for hydroxylation is 2. The van der Waals surface area contributed by atoms with Crippen LogP contribution in [0.5, 0.6) is 5.75 Å². The first-order chi connectivity index (χ1) is 10.3. The van der Waals surface area contributed by atoms with Gasteiger partial charge in [0.05, 0.1) is 0 Å². The van der Waals surface area contributed by atoms with Crippen molar-refractivity contribution in [1.29, 1.82) is 0 Å². The van der Waals surface area contributed by atoms with Crippen LogP contribution in [0.15, 0.2) is 36.6 Å². The van der Waals surface area contributed by atoms with E-state index in [1.54, 1.807) is 0 Å². The molecule has 1 aromatic rings. The molecule has 1 aromatic carbocycles. The topological polar surface area (TPSA) is 29.5 Å². The van der Waals surface area contributed by atoms with Gasteiger partial charge >= 0.3 is 0 Å². The molecule has 0 aliphatic carbocycles. The highest BCUT2D eigenvalue weighted by molar-refractivity contribution is 5.69. The third kappa shape index (κ3) is 2.96. The molecular weight excluding hydrogens is 272 g/mol. The number of aliphatic hydroxyl groups excluding tert-OH is 1. The number of fused-ring (bicyclic) bond motifs is 1. The van der Waals surface area contributed by atoms with E-state index in [-0.39, 0.29) is 5.76 Å². The van der Waals surface area contributed by atoms with E-state index in [0.29, 0.717) is 12.3 Å². The zero-order valence-corrected chi connectivity index (χ0v) is 14.2. The van der Waals surface area contributed by atoms with Crippen LogP contribution >= 0.6 is 0 Å². The molecule has 1 aliphatic heterocycles. The van der Waals surface area contributed by atoms with E-state index in [9.17, 15) is 5.11 Å². The molecule has 1 heterocycles. The van der Waals surface area contributed by atoms with Crippen LogP contribution in [0.4, 0.5) is 0 Å². The maximum Gasteiger partial charge on any atom is 0.166 e. The first kappa shape index (κ1) is 16.4. The number of aliphatic hydroxyl groups is 1. The molecule has 0 saturated heterocycles. The first-order valence-electron chi connectivity index (χ1n) is 7.78.